The van der Waals surface area contributed by atoms with Crippen molar-refractivity contribution in [2.75, 3.05) is 6.61 Å². The Hall–Kier alpha value is -2.15. The predicted octanol–water partition coefficient (Wildman–Crippen LogP) is 4.82. The maximum Gasteiger partial charge on any atom is 0.220 e. The van der Waals surface area contributed by atoms with E-state index in [0.29, 0.717) is 28.6 Å². The van der Waals surface area contributed by atoms with Gasteiger partial charge in [-0.3, -0.25) is 4.79 Å². The van der Waals surface area contributed by atoms with Crippen LogP contribution in [0.5, 0.6) is 5.75 Å². The summed E-state index contributed by atoms with van der Waals surface area (Å²) in [5, 5.41) is 4.14. The highest BCUT2D eigenvalue weighted by Crippen LogP contribution is 2.26. The number of carbonyl (C=O) groups is 1. The van der Waals surface area contributed by atoms with Crippen molar-refractivity contribution in [2.45, 2.75) is 25.8 Å². The molecule has 0 heterocycles. The van der Waals surface area contributed by atoms with Gasteiger partial charge in [-0.25, -0.2) is 0 Å². The van der Waals surface area contributed by atoms with Crippen molar-refractivity contribution in [1.82, 2.24) is 5.32 Å². The smallest absolute Gasteiger partial charge is 0.220 e. The molecule has 130 valence electrons. The van der Waals surface area contributed by atoms with E-state index < -0.39 is 0 Å². The van der Waals surface area contributed by atoms with Crippen molar-refractivity contribution in [3.05, 3.63) is 63.6 Å². The van der Waals surface area contributed by atoms with Gasteiger partial charge < -0.3 is 10.1 Å². The van der Waals surface area contributed by atoms with Crippen LogP contribution in [-0.2, 0) is 11.2 Å². The fraction of sp³-hybridized carbons (Fsp3) is 0.250. The quantitative estimate of drug-likeness (QED) is 0.704. The third kappa shape index (κ3) is 6.01. The van der Waals surface area contributed by atoms with E-state index in [4.69, 9.17) is 34.4 Å². The third-order valence-corrected chi connectivity index (χ3v) is 4.24. The molecule has 1 amide bonds. The Morgan fingerprint density at radius 3 is 2.60 bits per heavy atom. The highest BCUT2D eigenvalue weighted by Gasteiger charge is 2.10. The van der Waals surface area contributed by atoms with Crippen molar-refractivity contribution < 1.29 is 9.53 Å². The Morgan fingerprint density at radius 2 is 1.96 bits per heavy atom. The average molecular weight is 376 g/mol. The first kappa shape index (κ1) is 19.2. The van der Waals surface area contributed by atoms with Crippen molar-refractivity contribution in [3.63, 3.8) is 0 Å². The first-order valence-electron chi connectivity index (χ1n) is 7.89. The molecule has 0 aliphatic rings. The second-order valence-corrected chi connectivity index (χ2v) is 6.44. The van der Waals surface area contributed by atoms with Crippen LogP contribution in [0.2, 0.25) is 10.0 Å². The highest BCUT2D eigenvalue weighted by molar-refractivity contribution is 6.32. The van der Waals surface area contributed by atoms with Gasteiger partial charge in [0.15, 0.2) is 0 Å². The molecule has 2 rings (SSSR count). The van der Waals surface area contributed by atoms with E-state index in [1.165, 1.54) is 0 Å². The van der Waals surface area contributed by atoms with E-state index in [9.17, 15) is 4.79 Å². The van der Waals surface area contributed by atoms with Crippen molar-refractivity contribution in [2.24, 2.45) is 0 Å². The number of rotatable bonds is 7. The van der Waals surface area contributed by atoms with Gasteiger partial charge in [-0.1, -0.05) is 47.3 Å². The summed E-state index contributed by atoms with van der Waals surface area (Å²) < 4.78 is 5.32. The predicted molar refractivity (Wildman–Crippen MR) is 102 cm³/mol. The van der Waals surface area contributed by atoms with Crippen LogP contribution in [0.3, 0.4) is 0 Å². The molecule has 0 aromatic heterocycles. The summed E-state index contributed by atoms with van der Waals surface area (Å²) in [4.78, 5) is 12.1. The van der Waals surface area contributed by atoms with Gasteiger partial charge in [-0.15, -0.1) is 6.42 Å². The Morgan fingerprint density at radius 1 is 1.24 bits per heavy atom. The van der Waals surface area contributed by atoms with Gasteiger partial charge in [0, 0.05) is 11.4 Å². The molecule has 25 heavy (non-hydrogen) atoms. The second-order valence-electron chi connectivity index (χ2n) is 5.60. The number of terminal acetylenes is 1. The largest absolute Gasteiger partial charge is 0.479 e. The lowest BCUT2D eigenvalue weighted by Crippen LogP contribution is -2.26. The lowest BCUT2D eigenvalue weighted by atomic mass is 10.1. The Bertz CT molecular complexity index is 766. The van der Waals surface area contributed by atoms with Gasteiger partial charge in [-0.2, -0.15) is 0 Å². The molecule has 0 aliphatic heterocycles. The summed E-state index contributed by atoms with van der Waals surface area (Å²) in [7, 11) is 0. The molecule has 0 saturated heterocycles. The molecular formula is C20H19Cl2NO2. The zero-order valence-electron chi connectivity index (χ0n) is 13.9. The number of aryl methyl sites for hydroxylation is 1. The van der Waals surface area contributed by atoms with Crippen LogP contribution in [0.1, 0.15) is 30.5 Å². The summed E-state index contributed by atoms with van der Waals surface area (Å²) >= 11 is 12.0. The van der Waals surface area contributed by atoms with E-state index in [-0.39, 0.29) is 18.6 Å². The Labute approximate surface area is 158 Å². The van der Waals surface area contributed by atoms with Crippen LogP contribution in [0.4, 0.5) is 0 Å². The molecule has 1 N–H and O–H groups in total. The molecule has 0 fully saturated rings. The van der Waals surface area contributed by atoms with Crippen molar-refractivity contribution in [1.29, 1.82) is 0 Å². The van der Waals surface area contributed by atoms with Crippen LogP contribution in [-0.4, -0.2) is 12.5 Å². The number of carbonyl (C=O) groups excluding carboxylic acids is 1. The molecule has 0 radical (unpaired) electrons. The van der Waals surface area contributed by atoms with Crippen molar-refractivity contribution >= 4 is 29.1 Å². The Kier molecular flexibility index (Phi) is 7.18. The summed E-state index contributed by atoms with van der Waals surface area (Å²) in [5.74, 6) is 2.92. The monoisotopic (exact) mass is 375 g/mol. The minimum Gasteiger partial charge on any atom is -0.479 e. The van der Waals surface area contributed by atoms with Gasteiger partial charge in [0.1, 0.15) is 12.4 Å². The van der Waals surface area contributed by atoms with Crippen molar-refractivity contribution in [3.8, 4) is 18.1 Å². The minimum atomic E-state index is -0.0760. The summed E-state index contributed by atoms with van der Waals surface area (Å²) in [6.07, 6.45) is 6.12. The maximum atomic E-state index is 12.1. The number of amides is 1. The lowest BCUT2D eigenvalue weighted by molar-refractivity contribution is -0.121. The number of nitrogens with one attached hydrogen (secondary N) is 1. The summed E-state index contributed by atoms with van der Waals surface area (Å²) in [5.41, 5.74) is 1.98. The van der Waals surface area contributed by atoms with Crippen LogP contribution in [0.25, 0.3) is 0 Å². The summed E-state index contributed by atoms with van der Waals surface area (Å²) in [6, 6.07) is 12.8. The summed E-state index contributed by atoms with van der Waals surface area (Å²) in [6.45, 7) is 2.11. The van der Waals surface area contributed by atoms with E-state index in [1.807, 2.05) is 37.3 Å². The van der Waals surface area contributed by atoms with Gasteiger partial charge in [-0.05, 0) is 48.7 Å². The Balaban J connectivity index is 1.86. The maximum absolute atomic E-state index is 12.1. The number of hydrogen-bond acceptors (Lipinski definition) is 2. The van der Waals surface area contributed by atoms with Gasteiger partial charge in [0.25, 0.3) is 0 Å². The number of benzene rings is 2. The molecule has 1 unspecified atom stereocenters. The van der Waals surface area contributed by atoms with Crippen LogP contribution in [0.15, 0.2) is 42.5 Å². The molecule has 0 bridgehead atoms. The third-order valence-electron chi connectivity index (χ3n) is 3.70. The molecule has 0 saturated carbocycles. The normalized spacial score (nSPS) is 11.4. The van der Waals surface area contributed by atoms with Gasteiger partial charge in [0.05, 0.1) is 11.1 Å². The number of ether oxygens (including phenoxy) is 1. The molecule has 2 aromatic rings. The SMILES string of the molecule is C#CCOc1ccc(CCC(=O)NC(C)c2ccc(Cl)cc2)cc1Cl. The standard InChI is InChI=1S/C20H19Cl2NO2/c1-3-12-25-19-10-4-15(13-18(19)22)5-11-20(24)23-14(2)16-6-8-17(21)9-7-16/h1,4,6-10,13-14H,5,11-12H2,2H3,(H,23,24). The van der Waals surface area contributed by atoms with E-state index >= 15 is 0 Å². The molecule has 1 atom stereocenters. The van der Waals surface area contributed by atoms with Gasteiger partial charge >= 0.3 is 0 Å². The second kappa shape index (κ2) is 9.36. The molecule has 0 aliphatic carbocycles. The molecule has 3 nitrogen and oxygen atoms in total. The number of halogens is 2. The minimum absolute atomic E-state index is 0.0220. The fourth-order valence-corrected chi connectivity index (χ4v) is 2.73. The molecule has 5 heteroatoms. The van der Waals surface area contributed by atoms with E-state index in [1.54, 1.807) is 12.1 Å². The van der Waals surface area contributed by atoms with Gasteiger partial charge in [0.2, 0.25) is 5.91 Å². The fourth-order valence-electron chi connectivity index (χ4n) is 2.34. The zero-order valence-corrected chi connectivity index (χ0v) is 15.4. The first-order chi connectivity index (χ1) is 12.0. The molecule has 0 spiro atoms. The molecule has 2 aromatic carbocycles. The van der Waals surface area contributed by atoms with E-state index in [2.05, 4.69) is 11.2 Å². The molecular weight excluding hydrogens is 357 g/mol. The average Bonchev–Trinajstić information content (AvgIpc) is 2.59. The van der Waals surface area contributed by atoms with Crippen LogP contribution < -0.4 is 10.1 Å². The zero-order chi connectivity index (χ0) is 18.2. The number of hydrogen-bond donors (Lipinski definition) is 1. The first-order valence-corrected chi connectivity index (χ1v) is 8.64. The highest BCUT2D eigenvalue weighted by atomic mass is 35.5. The van der Waals surface area contributed by atoms with Crippen LogP contribution in [0, 0.1) is 12.3 Å². The lowest BCUT2D eigenvalue weighted by Gasteiger charge is -2.14. The van der Waals surface area contributed by atoms with Crippen LogP contribution >= 0.6 is 23.2 Å². The van der Waals surface area contributed by atoms with E-state index in [0.717, 1.165) is 11.1 Å². The topological polar surface area (TPSA) is 38.3 Å².